The number of rotatable bonds is 6. The predicted molar refractivity (Wildman–Crippen MR) is 104 cm³/mol. The van der Waals surface area contributed by atoms with Crippen LogP contribution in [0, 0.1) is 5.82 Å². The molecule has 0 saturated carbocycles. The number of nitrogens with one attached hydrogen (secondary N) is 2. The highest BCUT2D eigenvalue weighted by Crippen LogP contribution is 2.23. The van der Waals surface area contributed by atoms with E-state index < -0.39 is 0 Å². The van der Waals surface area contributed by atoms with E-state index >= 15 is 0 Å². The SMILES string of the molecule is CCC(C)c1ccc(C(CC)NC(=S)Nc2cccc(F)c2)cc1. The minimum atomic E-state index is -0.282. The summed E-state index contributed by atoms with van der Waals surface area (Å²) in [6.45, 7) is 6.55. The monoisotopic (exact) mass is 344 g/mol. The number of benzene rings is 2. The second-order valence-corrected chi connectivity index (χ2v) is 6.45. The van der Waals surface area contributed by atoms with Gasteiger partial charge in [-0.15, -0.1) is 0 Å². The Morgan fingerprint density at radius 3 is 2.29 bits per heavy atom. The molecular formula is C20H25FN2S. The second-order valence-electron chi connectivity index (χ2n) is 6.05. The smallest absolute Gasteiger partial charge is 0.171 e. The third-order valence-corrected chi connectivity index (χ3v) is 4.54. The van der Waals surface area contributed by atoms with Gasteiger partial charge in [-0.05, 0) is 60.3 Å². The molecule has 2 unspecified atom stereocenters. The first kappa shape index (κ1) is 18.4. The summed E-state index contributed by atoms with van der Waals surface area (Å²) >= 11 is 5.36. The van der Waals surface area contributed by atoms with Crippen molar-refractivity contribution in [3.63, 3.8) is 0 Å². The van der Waals surface area contributed by atoms with Crippen LogP contribution in [0.1, 0.15) is 56.7 Å². The lowest BCUT2D eigenvalue weighted by Crippen LogP contribution is -2.32. The fourth-order valence-corrected chi connectivity index (χ4v) is 2.87. The lowest BCUT2D eigenvalue weighted by molar-refractivity contribution is 0.626. The molecule has 0 aliphatic carbocycles. The molecule has 0 saturated heterocycles. The Kier molecular flexibility index (Phi) is 6.73. The van der Waals surface area contributed by atoms with Gasteiger partial charge >= 0.3 is 0 Å². The zero-order chi connectivity index (χ0) is 17.5. The fraction of sp³-hybridized carbons (Fsp3) is 0.350. The summed E-state index contributed by atoms with van der Waals surface area (Å²) in [5.41, 5.74) is 3.21. The summed E-state index contributed by atoms with van der Waals surface area (Å²) in [4.78, 5) is 0. The van der Waals surface area contributed by atoms with Crippen LogP contribution in [0.4, 0.5) is 10.1 Å². The molecule has 2 rings (SSSR count). The van der Waals surface area contributed by atoms with Crippen LogP contribution in [0.5, 0.6) is 0 Å². The third kappa shape index (κ3) is 5.03. The third-order valence-electron chi connectivity index (χ3n) is 4.32. The summed E-state index contributed by atoms with van der Waals surface area (Å²) in [6.07, 6.45) is 2.05. The zero-order valence-electron chi connectivity index (χ0n) is 14.5. The van der Waals surface area contributed by atoms with Gasteiger partial charge in [0.05, 0.1) is 6.04 Å². The molecular weight excluding hydrogens is 319 g/mol. The molecule has 4 heteroatoms. The highest BCUT2D eigenvalue weighted by molar-refractivity contribution is 7.80. The Bertz CT molecular complexity index is 670. The van der Waals surface area contributed by atoms with Gasteiger partial charge in [0.1, 0.15) is 5.82 Å². The normalized spacial score (nSPS) is 13.2. The second kappa shape index (κ2) is 8.78. The Labute approximate surface area is 149 Å². The van der Waals surface area contributed by atoms with Gasteiger partial charge in [-0.1, -0.05) is 51.1 Å². The molecule has 0 spiro atoms. The molecule has 0 radical (unpaired) electrons. The van der Waals surface area contributed by atoms with E-state index in [1.807, 2.05) is 0 Å². The molecule has 0 fully saturated rings. The number of halogens is 1. The first-order valence-electron chi connectivity index (χ1n) is 8.46. The van der Waals surface area contributed by atoms with Crippen LogP contribution in [0.2, 0.25) is 0 Å². The molecule has 0 amide bonds. The van der Waals surface area contributed by atoms with Crippen molar-refractivity contribution in [3.05, 3.63) is 65.5 Å². The summed E-state index contributed by atoms with van der Waals surface area (Å²) in [5.74, 6) is 0.290. The number of hydrogen-bond donors (Lipinski definition) is 2. The van der Waals surface area contributed by atoms with E-state index in [0.717, 1.165) is 12.8 Å². The van der Waals surface area contributed by atoms with E-state index in [2.05, 4.69) is 55.7 Å². The Hall–Kier alpha value is -1.94. The van der Waals surface area contributed by atoms with Crippen LogP contribution in [0.3, 0.4) is 0 Å². The first-order chi connectivity index (χ1) is 11.5. The van der Waals surface area contributed by atoms with Crippen molar-refractivity contribution in [2.24, 2.45) is 0 Å². The standard InChI is InChI=1S/C20H25FN2S/c1-4-14(3)15-9-11-16(12-10-15)19(5-2)23-20(24)22-18-8-6-7-17(21)13-18/h6-14,19H,4-5H2,1-3H3,(H2,22,23,24). The van der Waals surface area contributed by atoms with Gasteiger partial charge < -0.3 is 10.6 Å². The number of anilines is 1. The van der Waals surface area contributed by atoms with E-state index in [9.17, 15) is 4.39 Å². The topological polar surface area (TPSA) is 24.1 Å². The van der Waals surface area contributed by atoms with Crippen LogP contribution in [-0.2, 0) is 0 Å². The lowest BCUT2D eigenvalue weighted by atomic mass is 9.95. The van der Waals surface area contributed by atoms with Gasteiger partial charge in [-0.2, -0.15) is 0 Å². The maximum absolute atomic E-state index is 13.2. The maximum atomic E-state index is 13.2. The van der Waals surface area contributed by atoms with E-state index in [4.69, 9.17) is 12.2 Å². The van der Waals surface area contributed by atoms with Crippen LogP contribution < -0.4 is 10.6 Å². The molecule has 0 heterocycles. The summed E-state index contributed by atoms with van der Waals surface area (Å²) in [5, 5.41) is 6.85. The quantitative estimate of drug-likeness (QED) is 0.650. The minimum absolute atomic E-state index is 0.129. The Morgan fingerprint density at radius 2 is 1.71 bits per heavy atom. The molecule has 2 atom stereocenters. The molecule has 0 aliphatic heterocycles. The van der Waals surface area contributed by atoms with Gasteiger partial charge in [0.15, 0.2) is 5.11 Å². The molecule has 128 valence electrons. The van der Waals surface area contributed by atoms with Gasteiger partial charge in [-0.25, -0.2) is 4.39 Å². The van der Waals surface area contributed by atoms with Crippen LogP contribution in [-0.4, -0.2) is 5.11 Å². The highest BCUT2D eigenvalue weighted by atomic mass is 32.1. The minimum Gasteiger partial charge on any atom is -0.356 e. The van der Waals surface area contributed by atoms with Gasteiger partial charge in [-0.3, -0.25) is 0 Å². The largest absolute Gasteiger partial charge is 0.356 e. The van der Waals surface area contributed by atoms with Crippen molar-refractivity contribution in [1.82, 2.24) is 5.32 Å². The number of hydrogen-bond acceptors (Lipinski definition) is 1. The van der Waals surface area contributed by atoms with Crippen molar-refractivity contribution in [2.45, 2.75) is 45.6 Å². The highest BCUT2D eigenvalue weighted by Gasteiger charge is 2.12. The van der Waals surface area contributed by atoms with E-state index in [-0.39, 0.29) is 11.9 Å². The molecule has 0 aliphatic rings. The summed E-state index contributed by atoms with van der Waals surface area (Å²) in [6, 6.07) is 15.1. The van der Waals surface area contributed by atoms with Crippen molar-refractivity contribution >= 4 is 23.0 Å². The molecule has 2 N–H and O–H groups in total. The fourth-order valence-electron chi connectivity index (χ4n) is 2.61. The Balaban J connectivity index is 2.01. The van der Waals surface area contributed by atoms with Crippen LogP contribution >= 0.6 is 12.2 Å². The van der Waals surface area contributed by atoms with Crippen molar-refractivity contribution < 1.29 is 4.39 Å². The average Bonchev–Trinajstić information content (AvgIpc) is 2.59. The predicted octanol–water partition coefficient (Wildman–Crippen LogP) is 5.78. The molecule has 0 bridgehead atoms. The van der Waals surface area contributed by atoms with E-state index in [1.54, 1.807) is 12.1 Å². The molecule has 2 nitrogen and oxygen atoms in total. The number of thiocarbonyl (C=S) groups is 1. The first-order valence-corrected chi connectivity index (χ1v) is 8.87. The average molecular weight is 344 g/mol. The molecule has 2 aromatic rings. The van der Waals surface area contributed by atoms with E-state index in [1.165, 1.54) is 23.3 Å². The van der Waals surface area contributed by atoms with Gasteiger partial charge in [0.2, 0.25) is 0 Å². The molecule has 24 heavy (non-hydrogen) atoms. The lowest BCUT2D eigenvalue weighted by Gasteiger charge is -2.21. The summed E-state index contributed by atoms with van der Waals surface area (Å²) in [7, 11) is 0. The zero-order valence-corrected chi connectivity index (χ0v) is 15.3. The van der Waals surface area contributed by atoms with Crippen molar-refractivity contribution in [1.29, 1.82) is 0 Å². The van der Waals surface area contributed by atoms with E-state index in [0.29, 0.717) is 16.7 Å². The van der Waals surface area contributed by atoms with Crippen LogP contribution in [0.25, 0.3) is 0 Å². The molecule has 2 aromatic carbocycles. The van der Waals surface area contributed by atoms with Gasteiger partial charge in [0.25, 0.3) is 0 Å². The summed E-state index contributed by atoms with van der Waals surface area (Å²) < 4.78 is 13.2. The Morgan fingerprint density at radius 1 is 1.04 bits per heavy atom. The van der Waals surface area contributed by atoms with Crippen LogP contribution in [0.15, 0.2) is 48.5 Å². The van der Waals surface area contributed by atoms with Crippen molar-refractivity contribution in [2.75, 3.05) is 5.32 Å². The van der Waals surface area contributed by atoms with Crippen molar-refractivity contribution in [3.8, 4) is 0 Å². The molecule has 0 aromatic heterocycles. The maximum Gasteiger partial charge on any atom is 0.171 e. The van der Waals surface area contributed by atoms with Gasteiger partial charge in [0, 0.05) is 5.69 Å².